The molecule has 0 unspecified atom stereocenters. The average Bonchev–Trinajstić information content (AvgIpc) is 2.43. The Hall–Kier alpha value is -1.38. The largest absolute Gasteiger partial charge is 0.545 e. The lowest BCUT2D eigenvalue weighted by atomic mass is 10.1. The number of carboxylic acids is 1. The van der Waals surface area contributed by atoms with E-state index in [0.29, 0.717) is 14.5 Å². The Kier molecular flexibility index (Phi) is 4.93. The van der Waals surface area contributed by atoms with Crippen LogP contribution in [-0.4, -0.2) is 14.4 Å². The summed E-state index contributed by atoms with van der Waals surface area (Å²) in [4.78, 5) is 10.9. The summed E-state index contributed by atoms with van der Waals surface area (Å²) in [5.41, 5.74) is 0.685. The van der Waals surface area contributed by atoms with Gasteiger partial charge in [0.2, 0.25) is 0 Å². The minimum Gasteiger partial charge on any atom is -0.545 e. The van der Waals surface area contributed by atoms with E-state index >= 15 is 0 Å². The molecular formula is C14H10Br2NO4S-. The molecule has 0 aliphatic heterocycles. The number of hydrogen-bond donors (Lipinski definition) is 1. The molecule has 0 radical (unpaired) electrons. The van der Waals surface area contributed by atoms with Crippen molar-refractivity contribution in [2.75, 3.05) is 4.72 Å². The van der Waals surface area contributed by atoms with Crippen LogP contribution in [0, 0.1) is 6.92 Å². The number of benzene rings is 2. The van der Waals surface area contributed by atoms with Gasteiger partial charge < -0.3 is 9.90 Å². The van der Waals surface area contributed by atoms with E-state index < -0.39 is 16.0 Å². The third kappa shape index (κ3) is 3.68. The topological polar surface area (TPSA) is 86.3 Å². The van der Waals surface area contributed by atoms with Crippen LogP contribution in [0.3, 0.4) is 0 Å². The fourth-order valence-corrected chi connectivity index (χ4v) is 4.37. The molecule has 0 amide bonds. The minimum absolute atomic E-state index is 0.0418. The van der Waals surface area contributed by atoms with Crippen LogP contribution in [-0.2, 0) is 10.0 Å². The maximum absolute atomic E-state index is 12.5. The zero-order valence-electron chi connectivity index (χ0n) is 11.3. The number of nitrogens with one attached hydrogen (secondary N) is 1. The summed E-state index contributed by atoms with van der Waals surface area (Å²) in [6.07, 6.45) is 0. The minimum atomic E-state index is -3.87. The van der Waals surface area contributed by atoms with E-state index in [-0.39, 0.29) is 16.1 Å². The van der Waals surface area contributed by atoms with E-state index in [1.165, 1.54) is 24.3 Å². The first-order chi connectivity index (χ1) is 10.2. The van der Waals surface area contributed by atoms with Crippen LogP contribution in [0.5, 0.6) is 0 Å². The summed E-state index contributed by atoms with van der Waals surface area (Å²) in [6.45, 7) is 1.67. The van der Waals surface area contributed by atoms with Crippen LogP contribution in [0.1, 0.15) is 15.9 Å². The van der Waals surface area contributed by atoms with Gasteiger partial charge in [-0.25, -0.2) is 8.42 Å². The number of aryl methyl sites for hydroxylation is 1. The lowest BCUT2D eigenvalue weighted by Crippen LogP contribution is -2.22. The fourth-order valence-electron chi connectivity index (χ4n) is 1.74. The zero-order valence-corrected chi connectivity index (χ0v) is 15.2. The van der Waals surface area contributed by atoms with Crippen LogP contribution < -0.4 is 9.83 Å². The predicted octanol–water partition coefficient (Wildman–Crippen LogP) is 2.68. The van der Waals surface area contributed by atoms with Gasteiger partial charge in [0.1, 0.15) is 4.90 Å². The molecule has 0 fully saturated rings. The number of aromatic carboxylic acids is 1. The smallest absolute Gasteiger partial charge is 0.263 e. The Morgan fingerprint density at radius 3 is 2.45 bits per heavy atom. The molecule has 0 aliphatic rings. The second kappa shape index (κ2) is 6.39. The molecule has 0 saturated carbocycles. The van der Waals surface area contributed by atoms with Crippen LogP contribution in [0.15, 0.2) is 50.2 Å². The number of rotatable bonds is 4. The van der Waals surface area contributed by atoms with Gasteiger partial charge in [0.05, 0.1) is 11.7 Å². The van der Waals surface area contributed by atoms with Crippen LogP contribution in [0.2, 0.25) is 0 Å². The summed E-state index contributed by atoms with van der Waals surface area (Å²) in [5, 5.41) is 10.9. The van der Waals surface area contributed by atoms with E-state index in [9.17, 15) is 18.3 Å². The molecule has 0 heterocycles. The molecular weight excluding hydrogens is 438 g/mol. The van der Waals surface area contributed by atoms with Gasteiger partial charge in [-0.2, -0.15) is 0 Å². The number of hydrogen-bond acceptors (Lipinski definition) is 4. The normalized spacial score (nSPS) is 11.2. The zero-order chi connectivity index (χ0) is 16.5. The first-order valence-corrected chi connectivity index (χ1v) is 9.07. The summed E-state index contributed by atoms with van der Waals surface area (Å²) < 4.78 is 28.4. The molecule has 0 bridgehead atoms. The third-order valence-electron chi connectivity index (χ3n) is 2.90. The van der Waals surface area contributed by atoms with Gasteiger partial charge in [-0.1, -0.05) is 28.1 Å². The summed E-state index contributed by atoms with van der Waals surface area (Å²) >= 11 is 6.41. The van der Waals surface area contributed by atoms with Crippen molar-refractivity contribution in [2.45, 2.75) is 11.8 Å². The number of anilines is 1. The predicted molar refractivity (Wildman–Crippen MR) is 88.2 cm³/mol. The van der Waals surface area contributed by atoms with E-state index in [4.69, 9.17) is 0 Å². The Morgan fingerprint density at radius 2 is 1.82 bits per heavy atom. The lowest BCUT2D eigenvalue weighted by molar-refractivity contribution is -0.255. The molecule has 0 atom stereocenters. The SMILES string of the molecule is Cc1ccc(C(=O)[O-])cc1NS(=O)(=O)c1cc(Br)ccc1Br. The van der Waals surface area contributed by atoms with E-state index in [1.807, 2.05) is 0 Å². The summed E-state index contributed by atoms with van der Waals surface area (Å²) in [5.74, 6) is -1.37. The van der Waals surface area contributed by atoms with Gasteiger partial charge in [0.25, 0.3) is 10.0 Å². The molecule has 1 N–H and O–H groups in total. The van der Waals surface area contributed by atoms with Gasteiger partial charge >= 0.3 is 0 Å². The molecule has 0 aliphatic carbocycles. The van der Waals surface area contributed by atoms with Crippen LogP contribution >= 0.6 is 31.9 Å². The van der Waals surface area contributed by atoms with Crippen molar-refractivity contribution in [3.05, 3.63) is 56.5 Å². The number of halogens is 2. The molecule has 2 rings (SSSR count). The van der Waals surface area contributed by atoms with Crippen LogP contribution in [0.4, 0.5) is 5.69 Å². The molecule has 116 valence electrons. The highest BCUT2D eigenvalue weighted by atomic mass is 79.9. The highest BCUT2D eigenvalue weighted by molar-refractivity contribution is 9.11. The first-order valence-electron chi connectivity index (χ1n) is 6.00. The number of carboxylic acid groups (broad SMARTS) is 1. The Morgan fingerprint density at radius 1 is 1.14 bits per heavy atom. The molecule has 2 aromatic carbocycles. The number of carbonyl (C=O) groups excluding carboxylic acids is 1. The fraction of sp³-hybridized carbons (Fsp3) is 0.0714. The maximum atomic E-state index is 12.5. The lowest BCUT2D eigenvalue weighted by Gasteiger charge is -2.14. The van der Waals surface area contributed by atoms with Crippen molar-refractivity contribution in [3.8, 4) is 0 Å². The van der Waals surface area contributed by atoms with Gasteiger partial charge in [-0.15, -0.1) is 0 Å². The standard InChI is InChI=1S/C14H11Br2NO4S/c1-8-2-3-9(14(18)19)6-12(8)17-22(20,21)13-7-10(15)4-5-11(13)16/h2-7,17H,1H3,(H,18,19)/p-1. The highest BCUT2D eigenvalue weighted by Gasteiger charge is 2.19. The second-order valence-corrected chi connectivity index (χ2v) is 7.92. The molecule has 22 heavy (non-hydrogen) atoms. The first kappa shape index (κ1) is 17.0. The van der Waals surface area contributed by atoms with Gasteiger partial charge in [0, 0.05) is 8.95 Å². The van der Waals surface area contributed by atoms with Gasteiger partial charge in [-0.05, 0) is 58.2 Å². The second-order valence-electron chi connectivity index (χ2n) is 4.50. The Labute approximate surface area is 144 Å². The highest BCUT2D eigenvalue weighted by Crippen LogP contribution is 2.28. The Balaban J connectivity index is 2.47. The van der Waals surface area contributed by atoms with Crippen molar-refractivity contribution < 1.29 is 18.3 Å². The number of carbonyl (C=O) groups is 1. The Bertz CT molecular complexity index is 850. The van der Waals surface area contributed by atoms with E-state index in [1.54, 1.807) is 19.1 Å². The van der Waals surface area contributed by atoms with E-state index in [2.05, 4.69) is 36.6 Å². The maximum Gasteiger partial charge on any atom is 0.263 e. The third-order valence-corrected chi connectivity index (χ3v) is 5.75. The van der Waals surface area contributed by atoms with Crippen LogP contribution in [0.25, 0.3) is 0 Å². The summed E-state index contributed by atoms with van der Waals surface area (Å²) in [7, 11) is -3.87. The quantitative estimate of drug-likeness (QED) is 0.780. The van der Waals surface area contributed by atoms with Crippen molar-refractivity contribution >= 4 is 53.5 Å². The molecule has 2 aromatic rings. The van der Waals surface area contributed by atoms with E-state index in [0.717, 1.165) is 0 Å². The number of sulfonamides is 1. The van der Waals surface area contributed by atoms with Crippen molar-refractivity contribution in [2.24, 2.45) is 0 Å². The monoisotopic (exact) mass is 446 g/mol. The molecule has 0 saturated heterocycles. The molecule has 5 nitrogen and oxygen atoms in total. The van der Waals surface area contributed by atoms with Crippen molar-refractivity contribution in [3.63, 3.8) is 0 Å². The van der Waals surface area contributed by atoms with Crippen molar-refractivity contribution in [1.29, 1.82) is 0 Å². The molecule has 8 heteroatoms. The average molecular weight is 448 g/mol. The van der Waals surface area contributed by atoms with Crippen molar-refractivity contribution in [1.82, 2.24) is 0 Å². The molecule has 0 aromatic heterocycles. The summed E-state index contributed by atoms with van der Waals surface area (Å²) in [6, 6.07) is 8.85. The van der Waals surface area contributed by atoms with Gasteiger partial charge in [0.15, 0.2) is 0 Å². The van der Waals surface area contributed by atoms with Gasteiger partial charge in [-0.3, -0.25) is 4.72 Å². The molecule has 0 spiro atoms.